The topological polar surface area (TPSA) is 84.3 Å². The van der Waals surface area contributed by atoms with Crippen molar-refractivity contribution in [1.82, 2.24) is 9.97 Å². The molecular formula is C11H16FN3O3P+. The van der Waals surface area contributed by atoms with Crippen LogP contribution in [-0.4, -0.2) is 33.2 Å². The van der Waals surface area contributed by atoms with Gasteiger partial charge in [-0.15, -0.1) is 9.42 Å². The van der Waals surface area contributed by atoms with Crippen molar-refractivity contribution in [2.24, 2.45) is 5.92 Å². The molecule has 104 valence electrons. The van der Waals surface area contributed by atoms with E-state index in [4.69, 9.17) is 9.42 Å². The zero-order valence-corrected chi connectivity index (χ0v) is 11.3. The van der Waals surface area contributed by atoms with Crippen LogP contribution in [0, 0.1) is 5.92 Å². The molecule has 0 aromatic carbocycles. The molecular weight excluding hydrogens is 272 g/mol. The summed E-state index contributed by atoms with van der Waals surface area (Å²) in [6, 6.07) is 1.17. The third-order valence-corrected chi connectivity index (χ3v) is 3.79. The van der Waals surface area contributed by atoms with E-state index in [2.05, 4.69) is 15.3 Å². The molecule has 1 saturated carbocycles. The van der Waals surface area contributed by atoms with Gasteiger partial charge in [-0.25, -0.2) is 14.4 Å². The van der Waals surface area contributed by atoms with Crippen LogP contribution in [0.25, 0.3) is 0 Å². The second-order valence-electron chi connectivity index (χ2n) is 4.50. The van der Waals surface area contributed by atoms with Crippen molar-refractivity contribution in [3.8, 4) is 0 Å². The summed E-state index contributed by atoms with van der Waals surface area (Å²) < 4.78 is 29.8. The number of anilines is 1. The Labute approximate surface area is 111 Å². The van der Waals surface area contributed by atoms with Gasteiger partial charge in [0.1, 0.15) is 12.1 Å². The monoisotopic (exact) mass is 288 g/mol. The van der Waals surface area contributed by atoms with E-state index in [1.54, 1.807) is 12.3 Å². The molecule has 1 aliphatic rings. The lowest BCUT2D eigenvalue weighted by Gasteiger charge is -2.16. The number of hydrogen-bond acceptors (Lipinski definition) is 5. The quantitative estimate of drug-likeness (QED) is 0.807. The minimum Gasteiger partial charge on any atom is -0.364 e. The Morgan fingerprint density at radius 2 is 2.47 bits per heavy atom. The van der Waals surface area contributed by atoms with E-state index in [9.17, 15) is 8.96 Å². The van der Waals surface area contributed by atoms with Crippen molar-refractivity contribution in [2.75, 3.05) is 5.32 Å². The summed E-state index contributed by atoms with van der Waals surface area (Å²) in [5.74, 6) is 0.451. The molecule has 2 rings (SSSR count). The zero-order chi connectivity index (χ0) is 13.8. The van der Waals surface area contributed by atoms with Gasteiger partial charge in [-0.3, -0.25) is 0 Å². The molecule has 1 aliphatic carbocycles. The Kier molecular flexibility index (Phi) is 4.74. The average Bonchev–Trinajstić information content (AvgIpc) is 2.68. The smallest absolute Gasteiger partial charge is 0.364 e. The minimum absolute atomic E-state index is 0.0829. The van der Waals surface area contributed by atoms with E-state index in [-0.39, 0.29) is 5.92 Å². The molecule has 0 amide bonds. The van der Waals surface area contributed by atoms with E-state index in [0.29, 0.717) is 18.7 Å². The van der Waals surface area contributed by atoms with Gasteiger partial charge in [-0.05, 0) is 18.4 Å². The lowest BCUT2D eigenvalue weighted by Crippen LogP contribution is -2.32. The molecule has 0 radical (unpaired) electrons. The molecule has 19 heavy (non-hydrogen) atoms. The molecule has 1 aromatic heterocycles. The number of nitrogens with one attached hydrogen (secondary N) is 1. The van der Waals surface area contributed by atoms with Crippen molar-refractivity contribution in [3.05, 3.63) is 18.6 Å². The van der Waals surface area contributed by atoms with Crippen LogP contribution in [0.3, 0.4) is 0 Å². The first-order valence-electron chi connectivity index (χ1n) is 6.11. The number of alkyl halides is 1. The van der Waals surface area contributed by atoms with Crippen LogP contribution >= 0.6 is 8.25 Å². The second-order valence-corrected chi connectivity index (χ2v) is 5.19. The second kappa shape index (κ2) is 6.32. The average molecular weight is 288 g/mol. The number of rotatable bonds is 5. The first-order chi connectivity index (χ1) is 9.11. The maximum atomic E-state index is 14.3. The Morgan fingerprint density at radius 1 is 1.68 bits per heavy atom. The Balaban J connectivity index is 2.05. The van der Waals surface area contributed by atoms with Crippen molar-refractivity contribution in [1.29, 1.82) is 0 Å². The Morgan fingerprint density at radius 3 is 3.05 bits per heavy atom. The normalized spacial score (nSPS) is 31.2. The van der Waals surface area contributed by atoms with E-state index < -0.39 is 26.6 Å². The van der Waals surface area contributed by atoms with Crippen LogP contribution in [0.1, 0.15) is 19.8 Å². The van der Waals surface area contributed by atoms with Gasteiger partial charge in [-0.2, -0.15) is 0 Å². The van der Waals surface area contributed by atoms with Gasteiger partial charge in [0.25, 0.3) is 0 Å². The SMILES string of the molecule is CC[C@H]1C[C@@H](Nc2ccncn2)[C@@H](F)[C@@H]1O[P+](=O)O. The molecule has 0 saturated heterocycles. The fourth-order valence-electron chi connectivity index (χ4n) is 2.43. The summed E-state index contributed by atoms with van der Waals surface area (Å²) in [4.78, 5) is 16.6. The van der Waals surface area contributed by atoms with Gasteiger partial charge in [0, 0.05) is 10.8 Å². The van der Waals surface area contributed by atoms with E-state index in [0.717, 1.165) is 0 Å². The third-order valence-electron chi connectivity index (χ3n) is 3.37. The highest BCUT2D eigenvalue weighted by molar-refractivity contribution is 7.32. The Bertz CT molecular complexity index is 436. The summed E-state index contributed by atoms with van der Waals surface area (Å²) in [6.07, 6.45) is 1.98. The molecule has 0 spiro atoms. The predicted octanol–water partition coefficient (Wildman–Crippen LogP) is 2.06. The molecule has 0 aliphatic heterocycles. The first kappa shape index (κ1) is 14.2. The standard InChI is InChI=1S/C11H15FN3O3P/c1-2-7-5-8(10(12)11(7)18-19(16)17)15-9-3-4-13-6-14-9/h3-4,6-8,10-11H,2,5H2,1H3,(H-,13,14,15,16,17)/p+1/t7-,8+,10+,11+/m0/s1. The number of aromatic nitrogens is 2. The molecule has 1 fully saturated rings. The maximum absolute atomic E-state index is 14.3. The Hall–Kier alpha value is -1.17. The molecule has 1 unspecified atom stereocenters. The van der Waals surface area contributed by atoms with Crippen LogP contribution < -0.4 is 5.32 Å². The third kappa shape index (κ3) is 3.43. The van der Waals surface area contributed by atoms with Crippen molar-refractivity contribution in [3.63, 3.8) is 0 Å². The largest absolute Gasteiger partial charge is 0.695 e. The number of halogens is 1. The molecule has 1 heterocycles. The lowest BCUT2D eigenvalue weighted by atomic mass is 10.0. The van der Waals surface area contributed by atoms with E-state index in [1.807, 2.05) is 6.92 Å². The van der Waals surface area contributed by atoms with Crippen LogP contribution in [0.5, 0.6) is 0 Å². The van der Waals surface area contributed by atoms with Gasteiger partial charge in [-0.1, -0.05) is 13.3 Å². The van der Waals surface area contributed by atoms with Crippen LogP contribution in [-0.2, 0) is 9.09 Å². The number of nitrogens with zero attached hydrogens (tertiary/aromatic N) is 2. The fraction of sp³-hybridized carbons (Fsp3) is 0.636. The molecule has 2 N–H and O–H groups in total. The highest BCUT2D eigenvalue weighted by Gasteiger charge is 2.48. The van der Waals surface area contributed by atoms with Gasteiger partial charge in [0.2, 0.25) is 0 Å². The van der Waals surface area contributed by atoms with Crippen LogP contribution in [0.2, 0.25) is 0 Å². The van der Waals surface area contributed by atoms with Crippen molar-refractivity contribution >= 4 is 14.1 Å². The maximum Gasteiger partial charge on any atom is 0.695 e. The molecule has 0 bridgehead atoms. The van der Waals surface area contributed by atoms with Crippen LogP contribution in [0.4, 0.5) is 10.2 Å². The minimum atomic E-state index is -2.79. The fourth-order valence-corrected chi connectivity index (χ4v) is 2.93. The molecule has 5 atom stereocenters. The van der Waals surface area contributed by atoms with Crippen molar-refractivity contribution < 1.29 is 18.4 Å². The molecule has 1 aromatic rings. The molecule has 6 nitrogen and oxygen atoms in total. The summed E-state index contributed by atoms with van der Waals surface area (Å²) in [5.41, 5.74) is 0. The highest BCUT2D eigenvalue weighted by Crippen LogP contribution is 2.39. The predicted molar refractivity (Wildman–Crippen MR) is 67.4 cm³/mol. The summed E-state index contributed by atoms with van der Waals surface area (Å²) in [6.45, 7) is 1.91. The van der Waals surface area contributed by atoms with E-state index in [1.165, 1.54) is 6.33 Å². The molecule has 8 heteroatoms. The summed E-state index contributed by atoms with van der Waals surface area (Å²) in [5, 5.41) is 2.98. The van der Waals surface area contributed by atoms with Crippen molar-refractivity contribution in [2.45, 2.75) is 38.1 Å². The van der Waals surface area contributed by atoms with E-state index >= 15 is 0 Å². The van der Waals surface area contributed by atoms with Gasteiger partial charge in [0.15, 0.2) is 12.3 Å². The van der Waals surface area contributed by atoms with Gasteiger partial charge in [0.05, 0.1) is 6.04 Å². The number of hydrogen-bond donors (Lipinski definition) is 2. The van der Waals surface area contributed by atoms with Gasteiger partial charge < -0.3 is 5.32 Å². The van der Waals surface area contributed by atoms with Gasteiger partial charge >= 0.3 is 8.25 Å². The summed E-state index contributed by atoms with van der Waals surface area (Å²) in [7, 11) is -2.79. The zero-order valence-electron chi connectivity index (χ0n) is 10.4. The summed E-state index contributed by atoms with van der Waals surface area (Å²) >= 11 is 0. The van der Waals surface area contributed by atoms with Crippen LogP contribution in [0.15, 0.2) is 18.6 Å². The first-order valence-corrected chi connectivity index (χ1v) is 7.24. The highest BCUT2D eigenvalue weighted by atomic mass is 31.1. The lowest BCUT2D eigenvalue weighted by molar-refractivity contribution is 0.0839.